The van der Waals surface area contributed by atoms with E-state index in [2.05, 4.69) is 162 Å². The molecule has 3 heteroatoms. The van der Waals surface area contributed by atoms with Gasteiger partial charge in [-0.3, -0.25) is 12.2 Å². The van der Waals surface area contributed by atoms with Crippen LogP contribution in [0.2, 0.25) is 0 Å². The van der Waals surface area contributed by atoms with Gasteiger partial charge in [0.2, 0.25) is 0 Å². The van der Waals surface area contributed by atoms with Gasteiger partial charge in [-0.25, -0.2) is 11.6 Å². The second-order valence-corrected chi connectivity index (χ2v) is 17.7. The van der Waals surface area contributed by atoms with Crippen molar-refractivity contribution in [3.63, 3.8) is 0 Å². The third-order valence-electron chi connectivity index (χ3n) is 9.76. The first-order chi connectivity index (χ1) is 23.2. The number of rotatable bonds is 0. The third kappa shape index (κ3) is 10.8. The molecule has 0 aliphatic heterocycles. The van der Waals surface area contributed by atoms with E-state index in [1.165, 1.54) is 85.5 Å². The average molecular weight is 815 g/mol. The Morgan fingerprint density at radius 2 is 1.19 bits per heavy atom. The number of benzene rings is 3. The van der Waals surface area contributed by atoms with Gasteiger partial charge in [0.05, 0.1) is 0 Å². The third-order valence-corrected chi connectivity index (χ3v) is 9.76. The molecule has 0 fully saturated rings. The van der Waals surface area contributed by atoms with Gasteiger partial charge in [0.1, 0.15) is 0 Å². The van der Waals surface area contributed by atoms with Crippen molar-refractivity contribution in [3.05, 3.63) is 137 Å². The number of hydrogen-bond donors (Lipinski definition) is 0. The number of halogens is 2. The zero-order chi connectivity index (χ0) is 37.9. The van der Waals surface area contributed by atoms with Crippen LogP contribution >= 0.6 is 24.8 Å². The topological polar surface area (TPSA) is 0 Å². The Morgan fingerprint density at radius 3 is 1.58 bits per heavy atom. The first-order valence-electron chi connectivity index (χ1n) is 18.2. The summed E-state index contributed by atoms with van der Waals surface area (Å²) in [6.45, 7) is 35.0. The van der Waals surface area contributed by atoms with E-state index in [9.17, 15) is 0 Å². The summed E-state index contributed by atoms with van der Waals surface area (Å²) in [5.41, 5.74) is 16.6. The largest absolute Gasteiger partial charge is 0.184 e. The molecule has 0 radical (unpaired) electrons. The molecule has 4 aliphatic rings. The molecule has 52 heavy (non-hydrogen) atoms. The van der Waals surface area contributed by atoms with Crippen molar-refractivity contribution in [1.82, 2.24) is 0 Å². The molecule has 282 valence electrons. The van der Waals surface area contributed by atoms with Crippen LogP contribution in [-0.4, -0.2) is 4.21 Å². The standard InChI is InChI=1S/C31H37.C9H13.C6H5.C2H5.CH2.2ClH.Zr/c1-28(2,3)26-16-30(7,8)24-12-18-11-19-13-25-23(15-21(19)20(18)14-22(24)26)27(29(4,5)6)17-31(25,9)10;1-9(2,3)8-6-4-5-7-8;1-2-4-6-5-3-1;1-2;;;;/h12-16H,11H2,1-10H3;6-7H,4H2,1-3H3;1-5H;1H2,2H3;1H2;2*1H;/q4*-1;;;;. The Kier molecular flexibility index (Phi) is 17.1. The van der Waals surface area contributed by atoms with Gasteiger partial charge in [-0.15, -0.1) is 42.9 Å². The zero-order valence-corrected chi connectivity index (χ0v) is 38.7. The summed E-state index contributed by atoms with van der Waals surface area (Å²) >= 11 is 1.30. The first-order valence-corrected chi connectivity index (χ1v) is 19.9. The summed E-state index contributed by atoms with van der Waals surface area (Å²) in [7, 11) is 0. The van der Waals surface area contributed by atoms with E-state index in [1.54, 1.807) is 6.92 Å². The molecule has 4 aliphatic carbocycles. The molecule has 0 saturated carbocycles. The van der Waals surface area contributed by atoms with Crippen LogP contribution in [-0.2, 0) is 41.5 Å². The summed E-state index contributed by atoms with van der Waals surface area (Å²) in [4.78, 5) is 0. The normalized spacial score (nSPS) is 16.2. The van der Waals surface area contributed by atoms with Crippen molar-refractivity contribution in [1.29, 1.82) is 0 Å². The van der Waals surface area contributed by atoms with Crippen molar-refractivity contribution < 1.29 is 24.2 Å². The van der Waals surface area contributed by atoms with Gasteiger partial charge in [0.15, 0.2) is 0 Å². The maximum absolute atomic E-state index is 3.85. The van der Waals surface area contributed by atoms with Gasteiger partial charge in [0, 0.05) is 5.41 Å². The van der Waals surface area contributed by atoms with Gasteiger partial charge >= 0.3 is 28.4 Å². The first kappa shape index (κ1) is 48.0. The number of fused-ring (bicyclic) bond motifs is 5. The molecule has 0 amide bonds. The second kappa shape index (κ2) is 18.5. The van der Waals surface area contributed by atoms with Crippen molar-refractivity contribution >= 4 is 40.2 Å². The quantitative estimate of drug-likeness (QED) is 0.155. The molecule has 0 bridgehead atoms. The van der Waals surface area contributed by atoms with Crippen LogP contribution in [0.25, 0.3) is 22.3 Å². The van der Waals surface area contributed by atoms with E-state index in [1.807, 2.05) is 30.3 Å². The number of hydrogen-bond acceptors (Lipinski definition) is 0. The Balaban J connectivity index is 0.000000532. The molecule has 3 aromatic rings. The molecule has 0 N–H and O–H groups in total. The van der Waals surface area contributed by atoms with E-state index < -0.39 is 0 Å². The Hall–Kier alpha value is -2.05. The molecule has 0 nitrogen and oxygen atoms in total. The van der Waals surface area contributed by atoms with Crippen molar-refractivity contribution in [2.24, 2.45) is 16.2 Å². The van der Waals surface area contributed by atoms with Crippen molar-refractivity contribution in [2.75, 3.05) is 0 Å². The molecule has 0 aromatic heterocycles. The fourth-order valence-corrected chi connectivity index (χ4v) is 7.20. The average Bonchev–Trinajstić information content (AvgIpc) is 3.82. The molecule has 0 saturated heterocycles. The van der Waals surface area contributed by atoms with Crippen LogP contribution in [0.15, 0.2) is 78.4 Å². The Labute approximate surface area is 346 Å². The summed E-state index contributed by atoms with van der Waals surface area (Å²) in [5, 5.41) is 0. The van der Waals surface area contributed by atoms with Crippen LogP contribution in [0.1, 0.15) is 137 Å². The Bertz CT molecular complexity index is 1650. The molecular weight excluding hydrogens is 751 g/mol. The number of allylic oxidation sites excluding steroid dienone is 8. The van der Waals surface area contributed by atoms with Crippen LogP contribution < -0.4 is 0 Å². The van der Waals surface area contributed by atoms with Crippen LogP contribution in [0.5, 0.6) is 0 Å². The molecule has 0 atom stereocenters. The fraction of sp³-hybridized carbons (Fsp3) is 0.429. The van der Waals surface area contributed by atoms with E-state index in [-0.39, 0.29) is 46.5 Å². The molecule has 0 heterocycles. The minimum absolute atomic E-state index is 0. The van der Waals surface area contributed by atoms with E-state index >= 15 is 0 Å². The van der Waals surface area contributed by atoms with E-state index in [4.69, 9.17) is 0 Å². The van der Waals surface area contributed by atoms with Gasteiger partial charge in [-0.05, 0) is 62.3 Å². The minimum atomic E-state index is -0.0202. The monoisotopic (exact) mass is 812 g/mol. The molecule has 7 rings (SSSR count). The van der Waals surface area contributed by atoms with Gasteiger partial charge < -0.3 is 6.92 Å². The molecule has 3 aromatic carbocycles. The SMILES string of the molecule is CC(C)(C)C1=CC[C-]=C1.CC(C)(C)C1=[C-]C(C)(C)c2cc3c(cc21)-c1cc2c(cc1C3)C(C)(C)C=C2C(C)(C)C.Cl.Cl.[CH2-]C.[CH2]=[Zr].[c-]1ccccc1. The zero-order valence-electron chi connectivity index (χ0n) is 34.6. The van der Waals surface area contributed by atoms with Gasteiger partial charge in [-0.1, -0.05) is 119 Å². The molecular formula is C49H64Cl2Zr-4. The summed E-state index contributed by atoms with van der Waals surface area (Å²) in [6, 6.07) is 22.5. The van der Waals surface area contributed by atoms with Gasteiger partial charge in [0.25, 0.3) is 0 Å². The summed E-state index contributed by atoms with van der Waals surface area (Å²) < 4.78 is 3.34. The van der Waals surface area contributed by atoms with Crippen molar-refractivity contribution in [3.8, 4) is 11.1 Å². The van der Waals surface area contributed by atoms with Crippen LogP contribution in [0.4, 0.5) is 0 Å². The smallest absolute Gasteiger partial charge is 0.171 e. The van der Waals surface area contributed by atoms with E-state index in [0.29, 0.717) is 5.41 Å². The van der Waals surface area contributed by atoms with Crippen molar-refractivity contribution in [2.45, 2.75) is 121 Å². The van der Waals surface area contributed by atoms with Crippen LogP contribution in [0.3, 0.4) is 0 Å². The van der Waals surface area contributed by atoms with E-state index in [0.717, 1.165) is 12.8 Å². The minimum Gasteiger partial charge on any atom is -0.184 e. The molecule has 0 unspecified atom stereocenters. The van der Waals surface area contributed by atoms with Crippen LogP contribution in [0, 0.1) is 41.4 Å². The maximum Gasteiger partial charge on any atom is -0.171 e. The fourth-order valence-electron chi connectivity index (χ4n) is 7.20. The predicted octanol–water partition coefficient (Wildman–Crippen LogP) is 14.4. The predicted molar refractivity (Wildman–Crippen MR) is 232 cm³/mol. The summed E-state index contributed by atoms with van der Waals surface area (Å²) in [5.74, 6) is 0. The second-order valence-electron chi connectivity index (χ2n) is 17.7. The summed E-state index contributed by atoms with van der Waals surface area (Å²) in [6.07, 6.45) is 15.9. The Morgan fingerprint density at radius 1 is 0.673 bits per heavy atom. The maximum atomic E-state index is 3.85. The molecule has 0 spiro atoms. The van der Waals surface area contributed by atoms with Gasteiger partial charge in [-0.2, -0.15) is 60.5 Å².